The van der Waals surface area contributed by atoms with Gasteiger partial charge in [0.2, 0.25) is 17.4 Å². The average Bonchev–Trinajstić information content (AvgIpc) is 2.99. The third-order valence-electron chi connectivity index (χ3n) is 4.63. The van der Waals surface area contributed by atoms with Crippen molar-refractivity contribution in [3.05, 3.63) is 28.4 Å². The Morgan fingerprint density at radius 2 is 1.92 bits per heavy atom. The molecule has 1 saturated heterocycles. The predicted molar refractivity (Wildman–Crippen MR) is 92.0 cm³/mol. The van der Waals surface area contributed by atoms with Crippen LogP contribution >= 0.6 is 0 Å². The number of imidazole rings is 1. The molecule has 140 valence electrons. The second-order valence-corrected chi connectivity index (χ2v) is 6.95. The van der Waals surface area contributed by atoms with E-state index >= 15 is 0 Å². The molecule has 2 atom stereocenters. The van der Waals surface area contributed by atoms with Crippen LogP contribution in [0.1, 0.15) is 30.8 Å². The molecular formula is C17H22N4O5. The van der Waals surface area contributed by atoms with Gasteiger partial charge in [0.25, 0.3) is 0 Å². The summed E-state index contributed by atoms with van der Waals surface area (Å²) in [5.74, 6) is -0.805. The molecule has 1 fully saturated rings. The minimum Gasteiger partial charge on any atom is -0.501 e. The third-order valence-corrected chi connectivity index (χ3v) is 4.63. The van der Waals surface area contributed by atoms with Crippen molar-refractivity contribution >= 4 is 17.7 Å². The number of aromatic hydroxyl groups is 1. The number of hydrogen-bond donors (Lipinski definition) is 1. The van der Waals surface area contributed by atoms with Crippen LogP contribution in [-0.2, 0) is 16.1 Å². The van der Waals surface area contributed by atoms with Crippen LogP contribution in [0, 0.1) is 11.8 Å². The normalized spacial score (nSPS) is 20.3. The fourth-order valence-corrected chi connectivity index (χ4v) is 3.54. The van der Waals surface area contributed by atoms with E-state index in [1.165, 1.54) is 17.0 Å². The lowest BCUT2D eigenvalue weighted by Gasteiger charge is -2.35. The zero-order chi connectivity index (χ0) is 19.0. The van der Waals surface area contributed by atoms with Crippen LogP contribution in [0.15, 0.2) is 17.2 Å². The molecule has 1 N–H and O–H groups in total. The van der Waals surface area contributed by atoms with E-state index in [0.717, 1.165) is 17.9 Å². The largest absolute Gasteiger partial charge is 0.501 e. The molecule has 0 saturated carbocycles. The van der Waals surface area contributed by atoms with Gasteiger partial charge in [0.1, 0.15) is 6.54 Å². The number of fused-ring (bicyclic) bond motifs is 1. The summed E-state index contributed by atoms with van der Waals surface area (Å²) in [5.41, 5.74) is -1.26. The van der Waals surface area contributed by atoms with Crippen molar-refractivity contribution in [3.8, 4) is 5.75 Å². The summed E-state index contributed by atoms with van der Waals surface area (Å²) in [5, 5.41) is 9.87. The fraction of sp³-hybridized carbons (Fsp3) is 0.529. The van der Waals surface area contributed by atoms with Gasteiger partial charge in [-0.1, -0.05) is 13.8 Å². The van der Waals surface area contributed by atoms with Gasteiger partial charge in [-0.2, -0.15) is 0 Å². The van der Waals surface area contributed by atoms with E-state index in [4.69, 9.17) is 0 Å². The molecule has 0 spiro atoms. The van der Waals surface area contributed by atoms with Gasteiger partial charge in [0, 0.05) is 25.5 Å². The number of carbonyl (C=O) groups is 2. The van der Waals surface area contributed by atoms with Crippen LogP contribution in [0.25, 0.3) is 5.78 Å². The monoisotopic (exact) mass is 362 g/mol. The zero-order valence-corrected chi connectivity index (χ0v) is 15.0. The summed E-state index contributed by atoms with van der Waals surface area (Å²) >= 11 is 0. The lowest BCUT2D eigenvalue weighted by atomic mass is 9.92. The Kier molecular flexibility index (Phi) is 4.71. The summed E-state index contributed by atoms with van der Waals surface area (Å²) in [6.07, 6.45) is 4.02. The van der Waals surface area contributed by atoms with Crippen molar-refractivity contribution in [1.82, 2.24) is 18.9 Å². The number of nitrogens with zero attached hydrogens (tertiary/aromatic N) is 4. The lowest BCUT2D eigenvalue weighted by Crippen LogP contribution is -2.44. The molecule has 1 amide bonds. The maximum Gasteiger partial charge on any atom is 0.360 e. The number of likely N-dealkylation sites (tertiary alicyclic amines) is 1. The number of amides is 1. The van der Waals surface area contributed by atoms with E-state index < -0.39 is 23.0 Å². The van der Waals surface area contributed by atoms with E-state index in [0.29, 0.717) is 24.9 Å². The average molecular weight is 362 g/mol. The molecule has 3 heterocycles. The van der Waals surface area contributed by atoms with Crippen LogP contribution in [0.2, 0.25) is 0 Å². The summed E-state index contributed by atoms with van der Waals surface area (Å²) < 4.78 is 7.12. The molecule has 26 heavy (non-hydrogen) atoms. The van der Waals surface area contributed by atoms with Gasteiger partial charge in [-0.25, -0.2) is 14.2 Å². The highest BCUT2D eigenvalue weighted by atomic mass is 16.5. The first-order valence-electron chi connectivity index (χ1n) is 8.48. The number of hydrogen-bond acceptors (Lipinski definition) is 6. The highest BCUT2D eigenvalue weighted by Crippen LogP contribution is 2.21. The Morgan fingerprint density at radius 1 is 1.27 bits per heavy atom. The maximum atomic E-state index is 12.7. The highest BCUT2D eigenvalue weighted by Gasteiger charge is 2.26. The second-order valence-electron chi connectivity index (χ2n) is 6.95. The van der Waals surface area contributed by atoms with Gasteiger partial charge >= 0.3 is 11.5 Å². The highest BCUT2D eigenvalue weighted by molar-refractivity contribution is 5.90. The maximum absolute atomic E-state index is 12.7. The molecule has 2 aromatic heterocycles. The molecule has 0 aliphatic carbocycles. The third kappa shape index (κ3) is 3.16. The quantitative estimate of drug-likeness (QED) is 0.797. The topological polar surface area (TPSA) is 106 Å². The van der Waals surface area contributed by atoms with E-state index in [2.05, 4.69) is 23.6 Å². The van der Waals surface area contributed by atoms with Crippen molar-refractivity contribution < 1.29 is 19.4 Å². The Bertz CT molecular complexity index is 906. The number of rotatable bonds is 3. The Morgan fingerprint density at radius 3 is 2.54 bits per heavy atom. The molecule has 1 aliphatic rings. The summed E-state index contributed by atoms with van der Waals surface area (Å²) in [7, 11) is 1.13. The summed E-state index contributed by atoms with van der Waals surface area (Å²) in [4.78, 5) is 42.5. The van der Waals surface area contributed by atoms with E-state index in [1.807, 2.05) is 4.90 Å². The van der Waals surface area contributed by atoms with Gasteiger partial charge < -0.3 is 19.3 Å². The van der Waals surface area contributed by atoms with Gasteiger partial charge in [-0.3, -0.25) is 9.59 Å². The van der Waals surface area contributed by atoms with Gasteiger partial charge in [0.15, 0.2) is 5.69 Å². The molecule has 9 heteroatoms. The SMILES string of the molecule is COC(=O)c1nc2n(CC(=O)N3CC(C)CC(C)C3)ccn2c(=O)c1O. The molecule has 0 radical (unpaired) electrons. The van der Waals surface area contributed by atoms with Crippen molar-refractivity contribution in [2.75, 3.05) is 20.2 Å². The van der Waals surface area contributed by atoms with E-state index in [1.54, 1.807) is 0 Å². The number of methoxy groups -OCH3 is 1. The van der Waals surface area contributed by atoms with E-state index in [9.17, 15) is 19.5 Å². The van der Waals surface area contributed by atoms with Crippen LogP contribution < -0.4 is 5.56 Å². The van der Waals surface area contributed by atoms with Crippen LogP contribution in [0.3, 0.4) is 0 Å². The number of carbonyl (C=O) groups excluding carboxylic acids is 2. The molecule has 3 rings (SSSR count). The minimum absolute atomic E-state index is 0.00618. The molecule has 0 bridgehead atoms. The van der Waals surface area contributed by atoms with Gasteiger partial charge in [-0.05, 0) is 18.3 Å². The van der Waals surface area contributed by atoms with Gasteiger partial charge in [0.05, 0.1) is 7.11 Å². The van der Waals surface area contributed by atoms with Crippen LogP contribution in [0.4, 0.5) is 0 Å². The van der Waals surface area contributed by atoms with Crippen molar-refractivity contribution in [2.45, 2.75) is 26.8 Å². The first-order valence-corrected chi connectivity index (χ1v) is 8.48. The molecular weight excluding hydrogens is 340 g/mol. The smallest absolute Gasteiger partial charge is 0.360 e. The van der Waals surface area contributed by atoms with Crippen LogP contribution in [-0.4, -0.2) is 56.0 Å². The Hall–Kier alpha value is -2.84. The van der Waals surface area contributed by atoms with Crippen molar-refractivity contribution in [3.63, 3.8) is 0 Å². The zero-order valence-electron chi connectivity index (χ0n) is 15.0. The molecule has 9 nitrogen and oxygen atoms in total. The lowest BCUT2D eigenvalue weighted by molar-refractivity contribution is -0.134. The number of piperidine rings is 1. The first kappa shape index (κ1) is 18.0. The Labute approximate surface area is 149 Å². The Balaban J connectivity index is 1.93. The number of ether oxygens (including phenoxy) is 1. The summed E-state index contributed by atoms with van der Waals surface area (Å²) in [6.45, 7) is 5.63. The van der Waals surface area contributed by atoms with Crippen LogP contribution in [0.5, 0.6) is 5.75 Å². The summed E-state index contributed by atoms with van der Waals surface area (Å²) in [6, 6.07) is 0. The van der Waals surface area contributed by atoms with E-state index in [-0.39, 0.29) is 18.2 Å². The standard InChI is InChI=1S/C17H22N4O5/c1-10-6-11(2)8-20(7-10)12(22)9-19-4-5-21-15(24)14(23)13(16(25)26-3)18-17(19)21/h4-5,10-11,23H,6-9H2,1-3H3. The second kappa shape index (κ2) is 6.81. The predicted octanol–water partition coefficient (Wildman–Crippen LogP) is 0.493. The molecule has 0 aromatic carbocycles. The fourth-order valence-electron chi connectivity index (χ4n) is 3.54. The first-order chi connectivity index (χ1) is 12.3. The minimum atomic E-state index is -0.917. The molecule has 1 aliphatic heterocycles. The molecule has 2 unspecified atom stereocenters. The number of aromatic nitrogens is 3. The number of esters is 1. The molecule has 2 aromatic rings. The van der Waals surface area contributed by atoms with Crippen molar-refractivity contribution in [1.29, 1.82) is 0 Å². The van der Waals surface area contributed by atoms with Crippen molar-refractivity contribution in [2.24, 2.45) is 11.8 Å². The van der Waals surface area contributed by atoms with Gasteiger partial charge in [-0.15, -0.1) is 0 Å².